The van der Waals surface area contributed by atoms with Crippen molar-refractivity contribution in [3.8, 4) is 0 Å². The van der Waals surface area contributed by atoms with Crippen LogP contribution in [-0.4, -0.2) is 18.4 Å². The van der Waals surface area contributed by atoms with E-state index in [1.807, 2.05) is 6.07 Å². The normalized spacial score (nSPS) is 13.6. The maximum Gasteiger partial charge on any atom is 0.260 e. The van der Waals surface area contributed by atoms with Gasteiger partial charge in [-0.3, -0.25) is 14.5 Å². The fraction of sp³-hybridized carbons (Fsp3) is 0.0667. The van der Waals surface area contributed by atoms with Gasteiger partial charge in [0.15, 0.2) is 0 Å². The summed E-state index contributed by atoms with van der Waals surface area (Å²) in [7, 11) is 0. The van der Waals surface area contributed by atoms with Crippen LogP contribution in [-0.2, 0) is 4.79 Å². The van der Waals surface area contributed by atoms with Crippen LogP contribution in [0.2, 0.25) is 5.02 Å². The second kappa shape index (κ2) is 5.10. The smallest absolute Gasteiger partial charge is 0.260 e. The van der Waals surface area contributed by atoms with E-state index in [1.165, 1.54) is 11.0 Å². The first-order valence-electron chi connectivity index (χ1n) is 6.32. The quantitative estimate of drug-likeness (QED) is 0.795. The molecule has 0 saturated heterocycles. The first-order chi connectivity index (χ1) is 10.1. The number of nitrogens with two attached hydrogens (primary N) is 1. The van der Waals surface area contributed by atoms with Crippen molar-refractivity contribution in [2.24, 2.45) is 0 Å². The average Bonchev–Trinajstić information content (AvgIpc) is 2.45. The van der Waals surface area contributed by atoms with E-state index in [-0.39, 0.29) is 24.0 Å². The van der Waals surface area contributed by atoms with Gasteiger partial charge in [-0.2, -0.15) is 0 Å². The van der Waals surface area contributed by atoms with E-state index in [0.717, 1.165) is 0 Å². The molecular formula is C15H12ClN3O2. The number of hydrogen-bond donors (Lipinski definition) is 2. The summed E-state index contributed by atoms with van der Waals surface area (Å²) >= 11 is 5.84. The van der Waals surface area contributed by atoms with Crippen LogP contribution in [0.5, 0.6) is 0 Å². The van der Waals surface area contributed by atoms with Crippen molar-refractivity contribution >= 4 is 40.5 Å². The lowest BCUT2D eigenvalue weighted by Gasteiger charge is -2.29. The molecule has 0 spiro atoms. The van der Waals surface area contributed by atoms with Gasteiger partial charge >= 0.3 is 0 Å². The van der Waals surface area contributed by atoms with Gasteiger partial charge in [0.1, 0.15) is 6.54 Å². The largest absolute Gasteiger partial charge is 0.398 e. The number of amides is 2. The third kappa shape index (κ3) is 2.43. The Kier molecular flexibility index (Phi) is 3.27. The van der Waals surface area contributed by atoms with Gasteiger partial charge in [-0.05, 0) is 30.3 Å². The number of nitrogen functional groups attached to an aromatic ring is 1. The molecule has 0 radical (unpaired) electrons. The molecule has 1 aliphatic heterocycles. The molecule has 6 heteroatoms. The number of hydrogen-bond acceptors (Lipinski definition) is 3. The Labute approximate surface area is 126 Å². The Morgan fingerprint density at radius 3 is 2.76 bits per heavy atom. The van der Waals surface area contributed by atoms with Crippen molar-refractivity contribution < 1.29 is 9.59 Å². The molecule has 5 nitrogen and oxygen atoms in total. The number of benzene rings is 2. The van der Waals surface area contributed by atoms with Crippen molar-refractivity contribution in [1.29, 1.82) is 0 Å². The molecule has 3 N–H and O–H groups in total. The van der Waals surface area contributed by atoms with E-state index < -0.39 is 0 Å². The Hall–Kier alpha value is -2.53. The molecule has 3 rings (SSSR count). The molecule has 21 heavy (non-hydrogen) atoms. The average molecular weight is 302 g/mol. The van der Waals surface area contributed by atoms with Crippen LogP contribution in [0.25, 0.3) is 0 Å². The molecule has 0 fully saturated rings. The Morgan fingerprint density at radius 2 is 2.00 bits per heavy atom. The lowest BCUT2D eigenvalue weighted by molar-refractivity contribution is -0.115. The molecule has 0 aromatic heterocycles. The van der Waals surface area contributed by atoms with Crippen LogP contribution in [0.3, 0.4) is 0 Å². The first-order valence-corrected chi connectivity index (χ1v) is 6.70. The summed E-state index contributed by atoms with van der Waals surface area (Å²) in [6.07, 6.45) is 0. The minimum Gasteiger partial charge on any atom is -0.398 e. The number of para-hydroxylation sites is 2. The highest BCUT2D eigenvalue weighted by Crippen LogP contribution is 2.31. The van der Waals surface area contributed by atoms with Crippen molar-refractivity contribution in [3.05, 3.63) is 53.1 Å². The van der Waals surface area contributed by atoms with Crippen molar-refractivity contribution in [2.75, 3.05) is 22.5 Å². The van der Waals surface area contributed by atoms with E-state index in [0.29, 0.717) is 22.0 Å². The van der Waals surface area contributed by atoms with E-state index in [1.54, 1.807) is 30.3 Å². The third-order valence-electron chi connectivity index (χ3n) is 3.26. The maximum atomic E-state index is 12.7. The second-order valence-corrected chi connectivity index (χ2v) is 5.12. The van der Waals surface area contributed by atoms with Gasteiger partial charge in [0.2, 0.25) is 5.91 Å². The highest BCUT2D eigenvalue weighted by atomic mass is 35.5. The summed E-state index contributed by atoms with van der Waals surface area (Å²) in [5, 5.41) is 3.19. The first kappa shape index (κ1) is 13.5. The summed E-state index contributed by atoms with van der Waals surface area (Å²) in [5.74, 6) is -0.568. The van der Waals surface area contributed by atoms with Crippen LogP contribution in [0, 0.1) is 0 Å². The SMILES string of the molecule is Nc1cc(Cl)ccc1C(=O)N1CC(=O)Nc2ccccc21. The zero-order valence-electron chi connectivity index (χ0n) is 11.0. The number of carbonyl (C=O) groups excluding carboxylic acids is 2. The predicted molar refractivity (Wildman–Crippen MR) is 82.6 cm³/mol. The molecule has 2 amide bonds. The lowest BCUT2D eigenvalue weighted by Crippen LogP contribution is -2.42. The topological polar surface area (TPSA) is 75.4 Å². The number of nitrogens with one attached hydrogen (secondary N) is 1. The lowest BCUT2D eigenvalue weighted by atomic mass is 10.1. The van der Waals surface area contributed by atoms with Gasteiger partial charge in [0.05, 0.1) is 16.9 Å². The molecule has 0 aliphatic carbocycles. The third-order valence-corrected chi connectivity index (χ3v) is 3.49. The van der Waals surface area contributed by atoms with E-state index in [4.69, 9.17) is 17.3 Å². The number of anilines is 3. The summed E-state index contributed by atoms with van der Waals surface area (Å²) < 4.78 is 0. The molecule has 0 atom stereocenters. The Morgan fingerprint density at radius 1 is 1.24 bits per heavy atom. The Bertz CT molecular complexity index is 745. The number of nitrogens with zero attached hydrogens (tertiary/aromatic N) is 1. The minimum atomic E-state index is -0.327. The summed E-state index contributed by atoms with van der Waals surface area (Å²) in [4.78, 5) is 25.8. The molecule has 0 unspecified atom stereocenters. The zero-order valence-corrected chi connectivity index (χ0v) is 11.7. The van der Waals surface area contributed by atoms with Crippen LogP contribution >= 0.6 is 11.6 Å². The van der Waals surface area contributed by atoms with Crippen molar-refractivity contribution in [1.82, 2.24) is 0 Å². The summed E-state index contributed by atoms with van der Waals surface area (Å²) in [5.41, 5.74) is 7.72. The molecule has 106 valence electrons. The van der Waals surface area contributed by atoms with Gasteiger partial charge in [-0.15, -0.1) is 0 Å². The standard InChI is InChI=1S/C15H12ClN3O2/c16-9-5-6-10(11(17)7-9)15(21)19-8-14(20)18-12-3-1-2-4-13(12)19/h1-7H,8,17H2,(H,18,20). The zero-order chi connectivity index (χ0) is 15.0. The van der Waals surface area contributed by atoms with Gasteiger partial charge < -0.3 is 11.1 Å². The van der Waals surface area contributed by atoms with Crippen molar-refractivity contribution in [2.45, 2.75) is 0 Å². The number of carbonyl (C=O) groups is 2. The van der Waals surface area contributed by atoms with Gasteiger partial charge in [-0.25, -0.2) is 0 Å². The highest BCUT2D eigenvalue weighted by molar-refractivity contribution is 6.31. The Balaban J connectivity index is 2.04. The van der Waals surface area contributed by atoms with Gasteiger partial charge in [0, 0.05) is 10.7 Å². The molecule has 2 aromatic rings. The molecule has 1 aliphatic rings. The second-order valence-electron chi connectivity index (χ2n) is 4.69. The number of rotatable bonds is 1. The predicted octanol–water partition coefficient (Wildman–Crippen LogP) is 2.52. The van der Waals surface area contributed by atoms with Crippen LogP contribution in [0.4, 0.5) is 17.1 Å². The van der Waals surface area contributed by atoms with Gasteiger partial charge in [-0.1, -0.05) is 23.7 Å². The minimum absolute atomic E-state index is 0.0437. The number of halogens is 1. The van der Waals surface area contributed by atoms with E-state index >= 15 is 0 Å². The fourth-order valence-corrected chi connectivity index (χ4v) is 2.47. The van der Waals surface area contributed by atoms with E-state index in [9.17, 15) is 9.59 Å². The van der Waals surface area contributed by atoms with Crippen LogP contribution in [0.15, 0.2) is 42.5 Å². The summed E-state index contributed by atoms with van der Waals surface area (Å²) in [6, 6.07) is 11.8. The van der Waals surface area contributed by atoms with Crippen molar-refractivity contribution in [3.63, 3.8) is 0 Å². The van der Waals surface area contributed by atoms with Crippen LogP contribution < -0.4 is 16.0 Å². The van der Waals surface area contributed by atoms with E-state index in [2.05, 4.69) is 5.32 Å². The van der Waals surface area contributed by atoms with Gasteiger partial charge in [0.25, 0.3) is 5.91 Å². The molecular weight excluding hydrogens is 290 g/mol. The fourth-order valence-electron chi connectivity index (χ4n) is 2.29. The monoisotopic (exact) mass is 301 g/mol. The molecule has 0 saturated carbocycles. The highest BCUT2D eigenvalue weighted by Gasteiger charge is 2.28. The molecule has 1 heterocycles. The maximum absolute atomic E-state index is 12.7. The molecule has 2 aromatic carbocycles. The number of fused-ring (bicyclic) bond motifs is 1. The summed E-state index contributed by atoms with van der Waals surface area (Å²) in [6.45, 7) is -0.0437. The van der Waals surface area contributed by atoms with Crippen LogP contribution in [0.1, 0.15) is 10.4 Å². The molecule has 0 bridgehead atoms.